The summed E-state index contributed by atoms with van der Waals surface area (Å²) in [6, 6.07) is 0. The molecule has 0 aromatic rings. The molecule has 0 amide bonds. The van der Waals surface area contributed by atoms with Gasteiger partial charge in [0.25, 0.3) is 0 Å². The molecule has 1 rings (SSSR count). The fraction of sp³-hybridized carbons (Fsp3) is 0.500. The molecule has 0 fully saturated rings. The highest BCUT2D eigenvalue weighted by Gasteiger charge is 2.00. The Hall–Kier alpha value is -0.880. The summed E-state index contributed by atoms with van der Waals surface area (Å²) in [6.07, 6.45) is 6.66. The van der Waals surface area contributed by atoms with Crippen LogP contribution in [0.1, 0.15) is 19.3 Å². The first-order valence-corrected chi connectivity index (χ1v) is 2.70. The Morgan fingerprint density at radius 2 is 2.62 bits per heavy atom. The maximum Gasteiger partial charge on any atom is 0.240 e. The minimum atomic E-state index is 0.903. The third kappa shape index (κ3) is 1.04. The maximum atomic E-state index is 9.63. The van der Waals surface area contributed by atoms with Gasteiger partial charge in [-0.25, -0.2) is 4.79 Å². The molecule has 0 spiro atoms. The van der Waals surface area contributed by atoms with Crippen LogP contribution in [0.4, 0.5) is 0 Å². The van der Waals surface area contributed by atoms with E-state index >= 15 is 0 Å². The van der Waals surface area contributed by atoms with Gasteiger partial charge < -0.3 is 0 Å². The summed E-state index contributed by atoms with van der Waals surface area (Å²) in [4.78, 5) is 13.1. The van der Waals surface area contributed by atoms with Crippen LogP contribution in [-0.2, 0) is 4.79 Å². The van der Waals surface area contributed by atoms with Gasteiger partial charge in [0.1, 0.15) is 0 Å². The van der Waals surface area contributed by atoms with E-state index in [1.54, 1.807) is 0 Å². The molecule has 0 unspecified atom stereocenters. The van der Waals surface area contributed by atoms with Gasteiger partial charge in [-0.15, -0.1) is 0 Å². The summed E-state index contributed by atoms with van der Waals surface area (Å²) in [5.41, 5.74) is 0.903. The predicted molar refractivity (Wildman–Crippen MR) is 30.1 cm³/mol. The van der Waals surface area contributed by atoms with Gasteiger partial charge in [-0.2, -0.15) is 4.99 Å². The summed E-state index contributed by atoms with van der Waals surface area (Å²) >= 11 is 0. The van der Waals surface area contributed by atoms with E-state index in [1.807, 2.05) is 6.08 Å². The van der Waals surface area contributed by atoms with Crippen LogP contribution in [0.5, 0.6) is 0 Å². The third-order valence-electron chi connectivity index (χ3n) is 1.21. The summed E-state index contributed by atoms with van der Waals surface area (Å²) in [7, 11) is 0. The Morgan fingerprint density at radius 1 is 1.75 bits per heavy atom. The lowest BCUT2D eigenvalue weighted by Gasteiger charge is -1.80. The Labute approximate surface area is 47.9 Å². The molecule has 0 saturated heterocycles. The molecule has 0 N–H and O–H groups in total. The van der Waals surface area contributed by atoms with Crippen LogP contribution in [0, 0.1) is 0 Å². The molecule has 1 aliphatic rings. The van der Waals surface area contributed by atoms with Crippen molar-refractivity contribution in [1.82, 2.24) is 0 Å². The first-order valence-electron chi connectivity index (χ1n) is 2.70. The summed E-state index contributed by atoms with van der Waals surface area (Å²) in [5.74, 6) is 0. The fourth-order valence-electron chi connectivity index (χ4n) is 0.814. The molecule has 2 nitrogen and oxygen atoms in total. The number of hydrogen-bond donors (Lipinski definition) is 0. The number of hydrogen-bond acceptors (Lipinski definition) is 2. The van der Waals surface area contributed by atoms with Crippen molar-refractivity contribution in [2.45, 2.75) is 19.3 Å². The van der Waals surface area contributed by atoms with Crippen molar-refractivity contribution < 1.29 is 4.79 Å². The predicted octanol–water partition coefficient (Wildman–Crippen LogP) is 1.39. The standard InChI is InChI=1S/C6H7NO/c8-5-7-6-3-1-2-4-6/h3H,1-2,4H2. The van der Waals surface area contributed by atoms with Gasteiger partial charge in [0.2, 0.25) is 6.08 Å². The van der Waals surface area contributed by atoms with Gasteiger partial charge in [-0.05, 0) is 19.3 Å². The Kier molecular flexibility index (Phi) is 1.60. The smallest absolute Gasteiger partial charge is 0.211 e. The second-order valence-electron chi connectivity index (χ2n) is 1.79. The summed E-state index contributed by atoms with van der Waals surface area (Å²) in [5, 5.41) is 0. The van der Waals surface area contributed by atoms with Gasteiger partial charge in [0, 0.05) is 5.70 Å². The second kappa shape index (κ2) is 2.43. The molecule has 0 atom stereocenters. The summed E-state index contributed by atoms with van der Waals surface area (Å²) < 4.78 is 0. The molecular formula is C6H7NO. The molecule has 2 heteroatoms. The highest BCUT2D eigenvalue weighted by Crippen LogP contribution is 2.17. The normalized spacial score (nSPS) is 17.2. The van der Waals surface area contributed by atoms with E-state index < -0.39 is 0 Å². The van der Waals surface area contributed by atoms with E-state index in [2.05, 4.69) is 4.99 Å². The Bertz CT molecular complexity index is 154. The molecule has 0 saturated carbocycles. The van der Waals surface area contributed by atoms with E-state index in [9.17, 15) is 4.79 Å². The van der Waals surface area contributed by atoms with Gasteiger partial charge in [-0.3, -0.25) is 0 Å². The lowest BCUT2D eigenvalue weighted by Crippen LogP contribution is -1.66. The Balaban J connectivity index is 2.57. The van der Waals surface area contributed by atoms with Gasteiger partial charge in [0.05, 0.1) is 0 Å². The van der Waals surface area contributed by atoms with Crippen LogP contribution < -0.4 is 0 Å². The highest BCUT2D eigenvalue weighted by atomic mass is 16.1. The number of rotatable bonds is 1. The van der Waals surface area contributed by atoms with E-state index in [0.29, 0.717) is 0 Å². The van der Waals surface area contributed by atoms with Gasteiger partial charge in [0.15, 0.2) is 0 Å². The minimum absolute atomic E-state index is 0.903. The van der Waals surface area contributed by atoms with Crippen molar-refractivity contribution in [3.63, 3.8) is 0 Å². The SMILES string of the molecule is O=C=NC1=CCCC1. The molecule has 0 heterocycles. The van der Waals surface area contributed by atoms with Crippen LogP contribution >= 0.6 is 0 Å². The van der Waals surface area contributed by atoms with Crippen molar-refractivity contribution in [3.05, 3.63) is 11.8 Å². The van der Waals surface area contributed by atoms with Crippen LogP contribution in [-0.4, -0.2) is 6.08 Å². The number of nitrogens with zero attached hydrogens (tertiary/aromatic N) is 1. The highest BCUT2D eigenvalue weighted by molar-refractivity contribution is 5.37. The van der Waals surface area contributed by atoms with Crippen molar-refractivity contribution in [2.24, 2.45) is 4.99 Å². The molecule has 42 valence electrons. The van der Waals surface area contributed by atoms with E-state index in [1.165, 1.54) is 6.08 Å². The van der Waals surface area contributed by atoms with Crippen LogP contribution in [0.3, 0.4) is 0 Å². The van der Waals surface area contributed by atoms with Crippen molar-refractivity contribution in [2.75, 3.05) is 0 Å². The minimum Gasteiger partial charge on any atom is -0.211 e. The zero-order chi connectivity index (χ0) is 5.82. The number of aliphatic imine (C=N–C) groups is 1. The molecule has 0 aromatic heterocycles. The lowest BCUT2D eigenvalue weighted by molar-refractivity contribution is 0.564. The first-order chi connectivity index (χ1) is 3.93. The number of allylic oxidation sites excluding steroid dienone is 2. The summed E-state index contributed by atoms with van der Waals surface area (Å²) in [6.45, 7) is 0. The largest absolute Gasteiger partial charge is 0.240 e. The average Bonchev–Trinajstić information content (AvgIpc) is 2.19. The number of isocyanates is 1. The van der Waals surface area contributed by atoms with E-state index in [4.69, 9.17) is 0 Å². The van der Waals surface area contributed by atoms with E-state index in [-0.39, 0.29) is 0 Å². The molecule has 8 heavy (non-hydrogen) atoms. The van der Waals surface area contributed by atoms with Crippen molar-refractivity contribution in [3.8, 4) is 0 Å². The number of carbonyl (C=O) groups excluding carboxylic acids is 1. The van der Waals surface area contributed by atoms with Crippen LogP contribution in [0.25, 0.3) is 0 Å². The molecule has 0 bridgehead atoms. The molecular weight excluding hydrogens is 102 g/mol. The molecule has 1 aliphatic carbocycles. The van der Waals surface area contributed by atoms with Gasteiger partial charge in [-0.1, -0.05) is 6.08 Å². The Morgan fingerprint density at radius 3 is 3.12 bits per heavy atom. The van der Waals surface area contributed by atoms with Gasteiger partial charge >= 0.3 is 0 Å². The third-order valence-corrected chi connectivity index (χ3v) is 1.21. The first kappa shape index (κ1) is 5.26. The molecule has 0 aromatic carbocycles. The van der Waals surface area contributed by atoms with Crippen molar-refractivity contribution >= 4 is 6.08 Å². The van der Waals surface area contributed by atoms with Crippen molar-refractivity contribution in [1.29, 1.82) is 0 Å². The monoisotopic (exact) mass is 109 g/mol. The lowest BCUT2D eigenvalue weighted by atomic mass is 10.3. The quantitative estimate of drug-likeness (QED) is 0.369. The molecule has 0 aliphatic heterocycles. The van der Waals surface area contributed by atoms with E-state index in [0.717, 1.165) is 25.0 Å². The average molecular weight is 109 g/mol. The van der Waals surface area contributed by atoms with Crippen LogP contribution in [0.15, 0.2) is 16.8 Å². The second-order valence-corrected chi connectivity index (χ2v) is 1.79. The maximum absolute atomic E-state index is 9.63. The topological polar surface area (TPSA) is 29.4 Å². The zero-order valence-electron chi connectivity index (χ0n) is 4.55. The molecule has 0 radical (unpaired) electrons. The van der Waals surface area contributed by atoms with Crippen LogP contribution in [0.2, 0.25) is 0 Å². The zero-order valence-corrected chi connectivity index (χ0v) is 4.55. The fourth-order valence-corrected chi connectivity index (χ4v) is 0.814.